The minimum Gasteiger partial charge on any atom is -0.378 e. The van der Waals surface area contributed by atoms with Crippen LogP contribution >= 0.6 is 0 Å². The fraction of sp³-hybridized carbons (Fsp3) is 0.200. The Balaban J connectivity index is 2.14. The highest BCUT2D eigenvalue weighted by Crippen LogP contribution is 2.22. The molecule has 1 atom stereocenters. The standard InChI is InChI=1S/C15H16N2O2/c1-11-6-8-13(9-7-11)12(2)16-14-4-3-5-15(10-14)17(18)19/h3-10,12,16H,1-2H3. The lowest BCUT2D eigenvalue weighted by Gasteiger charge is -2.15. The largest absolute Gasteiger partial charge is 0.378 e. The Morgan fingerprint density at radius 2 is 1.84 bits per heavy atom. The van der Waals surface area contributed by atoms with Crippen molar-refractivity contribution in [3.05, 3.63) is 69.8 Å². The maximum Gasteiger partial charge on any atom is 0.271 e. The third-order valence-electron chi connectivity index (χ3n) is 3.02. The Hall–Kier alpha value is -2.36. The van der Waals surface area contributed by atoms with Crippen LogP contribution in [0.2, 0.25) is 0 Å². The van der Waals surface area contributed by atoms with Gasteiger partial charge in [0.05, 0.1) is 4.92 Å². The molecular formula is C15H16N2O2. The van der Waals surface area contributed by atoms with E-state index in [1.807, 2.05) is 19.9 Å². The molecule has 0 spiro atoms. The number of nitrogens with one attached hydrogen (secondary N) is 1. The molecule has 0 fully saturated rings. The number of hydrogen-bond donors (Lipinski definition) is 1. The van der Waals surface area contributed by atoms with Crippen molar-refractivity contribution in [2.45, 2.75) is 19.9 Å². The summed E-state index contributed by atoms with van der Waals surface area (Å²) in [5.74, 6) is 0. The van der Waals surface area contributed by atoms with Gasteiger partial charge in [-0.1, -0.05) is 35.9 Å². The lowest BCUT2D eigenvalue weighted by atomic mass is 10.1. The molecule has 19 heavy (non-hydrogen) atoms. The van der Waals surface area contributed by atoms with Crippen LogP contribution in [0.1, 0.15) is 24.1 Å². The van der Waals surface area contributed by atoms with Gasteiger partial charge in [0, 0.05) is 23.9 Å². The second-order valence-electron chi connectivity index (χ2n) is 4.58. The summed E-state index contributed by atoms with van der Waals surface area (Å²) in [4.78, 5) is 10.3. The normalized spacial score (nSPS) is 11.9. The smallest absolute Gasteiger partial charge is 0.271 e. The quantitative estimate of drug-likeness (QED) is 0.662. The Bertz CT molecular complexity index is 579. The average Bonchev–Trinajstić information content (AvgIpc) is 2.39. The van der Waals surface area contributed by atoms with Gasteiger partial charge in [-0.2, -0.15) is 0 Å². The van der Waals surface area contributed by atoms with Crippen molar-refractivity contribution in [1.82, 2.24) is 0 Å². The molecule has 4 heteroatoms. The highest BCUT2D eigenvalue weighted by Gasteiger charge is 2.08. The molecule has 98 valence electrons. The van der Waals surface area contributed by atoms with Crippen molar-refractivity contribution in [1.29, 1.82) is 0 Å². The summed E-state index contributed by atoms with van der Waals surface area (Å²) in [7, 11) is 0. The third kappa shape index (κ3) is 3.31. The molecule has 0 aliphatic rings. The van der Waals surface area contributed by atoms with Crippen LogP contribution in [0.4, 0.5) is 11.4 Å². The van der Waals surface area contributed by atoms with Crippen molar-refractivity contribution in [3.8, 4) is 0 Å². The van der Waals surface area contributed by atoms with Gasteiger partial charge >= 0.3 is 0 Å². The van der Waals surface area contributed by atoms with Crippen LogP contribution in [0.3, 0.4) is 0 Å². The van der Waals surface area contributed by atoms with Crippen molar-refractivity contribution < 1.29 is 4.92 Å². The zero-order valence-electron chi connectivity index (χ0n) is 11.0. The lowest BCUT2D eigenvalue weighted by Crippen LogP contribution is -2.06. The van der Waals surface area contributed by atoms with E-state index in [4.69, 9.17) is 0 Å². The van der Waals surface area contributed by atoms with Gasteiger partial charge in [0.25, 0.3) is 5.69 Å². The highest BCUT2D eigenvalue weighted by molar-refractivity contribution is 5.52. The molecule has 0 aliphatic carbocycles. The number of benzene rings is 2. The van der Waals surface area contributed by atoms with E-state index in [2.05, 4.69) is 29.6 Å². The van der Waals surface area contributed by atoms with Gasteiger partial charge in [-0.25, -0.2) is 0 Å². The van der Waals surface area contributed by atoms with E-state index in [-0.39, 0.29) is 16.7 Å². The fourth-order valence-electron chi connectivity index (χ4n) is 1.90. The molecule has 0 heterocycles. The summed E-state index contributed by atoms with van der Waals surface area (Å²) in [5.41, 5.74) is 3.21. The third-order valence-corrected chi connectivity index (χ3v) is 3.02. The zero-order valence-corrected chi connectivity index (χ0v) is 11.0. The van der Waals surface area contributed by atoms with Gasteiger partial charge in [0.2, 0.25) is 0 Å². The minimum atomic E-state index is -0.387. The molecule has 0 aliphatic heterocycles. The molecule has 4 nitrogen and oxygen atoms in total. The molecule has 0 aromatic heterocycles. The van der Waals surface area contributed by atoms with E-state index in [0.29, 0.717) is 0 Å². The average molecular weight is 256 g/mol. The van der Waals surface area contributed by atoms with Crippen LogP contribution in [0.5, 0.6) is 0 Å². The summed E-state index contributed by atoms with van der Waals surface area (Å²) in [5, 5.41) is 14.0. The molecule has 2 aromatic carbocycles. The van der Waals surface area contributed by atoms with E-state index in [1.54, 1.807) is 12.1 Å². The maximum atomic E-state index is 10.7. The summed E-state index contributed by atoms with van der Waals surface area (Å²) in [6.07, 6.45) is 0. The second-order valence-corrected chi connectivity index (χ2v) is 4.58. The first-order valence-electron chi connectivity index (χ1n) is 6.14. The number of hydrogen-bond acceptors (Lipinski definition) is 3. The minimum absolute atomic E-state index is 0.0982. The van der Waals surface area contributed by atoms with Gasteiger partial charge in [-0.15, -0.1) is 0 Å². The summed E-state index contributed by atoms with van der Waals surface area (Å²) in [6, 6.07) is 14.9. The zero-order chi connectivity index (χ0) is 13.8. The number of anilines is 1. The van der Waals surface area contributed by atoms with Crippen LogP contribution in [0, 0.1) is 17.0 Å². The van der Waals surface area contributed by atoms with Crippen molar-refractivity contribution in [2.75, 3.05) is 5.32 Å². The number of nitro benzene ring substituents is 1. The van der Waals surface area contributed by atoms with Crippen LogP contribution in [-0.4, -0.2) is 4.92 Å². The summed E-state index contributed by atoms with van der Waals surface area (Å²) in [6.45, 7) is 4.08. The molecule has 0 saturated heterocycles. The van der Waals surface area contributed by atoms with Crippen LogP contribution in [-0.2, 0) is 0 Å². The van der Waals surface area contributed by atoms with E-state index >= 15 is 0 Å². The van der Waals surface area contributed by atoms with Gasteiger partial charge in [0.1, 0.15) is 0 Å². The van der Waals surface area contributed by atoms with Gasteiger partial charge in [0.15, 0.2) is 0 Å². The van der Waals surface area contributed by atoms with E-state index < -0.39 is 0 Å². The van der Waals surface area contributed by atoms with Gasteiger partial charge < -0.3 is 5.32 Å². The van der Waals surface area contributed by atoms with Crippen LogP contribution < -0.4 is 5.32 Å². The van der Waals surface area contributed by atoms with E-state index in [1.165, 1.54) is 11.6 Å². The van der Waals surface area contributed by atoms with E-state index in [9.17, 15) is 10.1 Å². The Morgan fingerprint density at radius 1 is 1.16 bits per heavy atom. The second kappa shape index (κ2) is 5.52. The number of non-ortho nitro benzene ring substituents is 1. The molecule has 2 rings (SSSR count). The highest BCUT2D eigenvalue weighted by atomic mass is 16.6. The molecular weight excluding hydrogens is 240 g/mol. The van der Waals surface area contributed by atoms with Crippen molar-refractivity contribution in [2.24, 2.45) is 0 Å². The first kappa shape index (κ1) is 13.1. The van der Waals surface area contributed by atoms with Crippen LogP contribution in [0.15, 0.2) is 48.5 Å². The molecule has 0 bridgehead atoms. The molecule has 0 radical (unpaired) electrons. The monoisotopic (exact) mass is 256 g/mol. The number of nitrogens with zero attached hydrogens (tertiary/aromatic N) is 1. The van der Waals surface area contributed by atoms with E-state index in [0.717, 1.165) is 11.3 Å². The molecule has 0 amide bonds. The Labute approximate surface area is 112 Å². The first-order chi connectivity index (χ1) is 9.06. The predicted molar refractivity (Wildman–Crippen MR) is 76.3 cm³/mol. The van der Waals surface area contributed by atoms with Crippen molar-refractivity contribution >= 4 is 11.4 Å². The predicted octanol–water partition coefficient (Wildman–Crippen LogP) is 4.08. The Morgan fingerprint density at radius 3 is 2.47 bits per heavy atom. The number of aryl methyl sites for hydroxylation is 1. The first-order valence-corrected chi connectivity index (χ1v) is 6.14. The lowest BCUT2D eigenvalue weighted by molar-refractivity contribution is -0.384. The van der Waals surface area contributed by atoms with Gasteiger partial charge in [-0.3, -0.25) is 10.1 Å². The summed E-state index contributed by atoms with van der Waals surface area (Å²) >= 11 is 0. The SMILES string of the molecule is Cc1ccc(C(C)Nc2cccc([N+](=O)[O-])c2)cc1. The van der Waals surface area contributed by atoms with Crippen LogP contribution in [0.25, 0.3) is 0 Å². The molecule has 2 aromatic rings. The molecule has 1 N–H and O–H groups in total. The Kier molecular flexibility index (Phi) is 3.80. The molecule has 0 saturated carbocycles. The molecule has 1 unspecified atom stereocenters. The maximum absolute atomic E-state index is 10.7. The number of rotatable bonds is 4. The summed E-state index contributed by atoms with van der Waals surface area (Å²) < 4.78 is 0. The van der Waals surface area contributed by atoms with Gasteiger partial charge in [-0.05, 0) is 25.5 Å². The van der Waals surface area contributed by atoms with Crippen molar-refractivity contribution in [3.63, 3.8) is 0 Å². The topological polar surface area (TPSA) is 55.2 Å². The fourth-order valence-corrected chi connectivity index (χ4v) is 1.90. The number of nitro groups is 1.